The summed E-state index contributed by atoms with van der Waals surface area (Å²) in [6, 6.07) is 4.73. The fourth-order valence-electron chi connectivity index (χ4n) is 3.26. The van der Waals surface area contributed by atoms with E-state index in [1.807, 2.05) is 13.8 Å². The third-order valence-electron chi connectivity index (χ3n) is 4.47. The highest BCUT2D eigenvalue weighted by atomic mass is 16.7. The highest BCUT2D eigenvalue weighted by molar-refractivity contribution is 5.63. The van der Waals surface area contributed by atoms with Crippen LogP contribution in [0.3, 0.4) is 0 Å². The van der Waals surface area contributed by atoms with Gasteiger partial charge in [-0.05, 0) is 32.4 Å². The van der Waals surface area contributed by atoms with Gasteiger partial charge in [0.1, 0.15) is 0 Å². The molecule has 0 unspecified atom stereocenters. The predicted molar refractivity (Wildman–Crippen MR) is 104 cm³/mol. The summed E-state index contributed by atoms with van der Waals surface area (Å²) < 4.78 is 16.6. The molecule has 154 valence electrons. The normalized spacial score (nSPS) is 11.5. The Kier molecular flexibility index (Phi) is 10.8. The van der Waals surface area contributed by atoms with Crippen LogP contribution in [0.25, 0.3) is 0 Å². The van der Waals surface area contributed by atoms with E-state index in [1.54, 1.807) is 12.1 Å². The second-order valence-corrected chi connectivity index (χ2v) is 6.51. The van der Waals surface area contributed by atoms with Gasteiger partial charge in [0.15, 0.2) is 17.3 Å². The number of carboxylic acid groups (broad SMARTS) is 1. The molecule has 6 heteroatoms. The Balaban J connectivity index is 2.94. The summed E-state index contributed by atoms with van der Waals surface area (Å²) in [5.41, 5.74) is 0.399. The molecule has 0 radical (unpaired) electrons. The SMILES string of the molecule is CCCCCCCCCC(OCC)(OCC)c1cccc(OC(=O)O)c1O. The molecule has 0 aliphatic heterocycles. The first-order chi connectivity index (χ1) is 13.0. The topological polar surface area (TPSA) is 85.2 Å². The minimum absolute atomic E-state index is 0.122. The lowest BCUT2D eigenvalue weighted by Gasteiger charge is -2.34. The first kappa shape index (κ1) is 23.2. The molecule has 0 atom stereocenters. The number of phenols is 1. The zero-order valence-electron chi connectivity index (χ0n) is 16.8. The van der Waals surface area contributed by atoms with Gasteiger partial charge in [-0.2, -0.15) is 0 Å². The Labute approximate surface area is 162 Å². The number of para-hydroxylation sites is 1. The van der Waals surface area contributed by atoms with E-state index in [2.05, 4.69) is 11.7 Å². The molecular formula is C21H34O6. The lowest BCUT2D eigenvalue weighted by Crippen LogP contribution is -2.33. The molecule has 6 nitrogen and oxygen atoms in total. The van der Waals surface area contributed by atoms with Crippen LogP contribution in [0.15, 0.2) is 18.2 Å². The van der Waals surface area contributed by atoms with Crippen LogP contribution in [0, 0.1) is 0 Å². The molecule has 0 saturated heterocycles. The molecule has 0 amide bonds. The van der Waals surface area contributed by atoms with Crippen molar-refractivity contribution in [1.82, 2.24) is 0 Å². The number of carbonyl (C=O) groups is 1. The van der Waals surface area contributed by atoms with Crippen molar-refractivity contribution >= 4 is 6.16 Å². The zero-order valence-corrected chi connectivity index (χ0v) is 16.8. The van der Waals surface area contributed by atoms with Gasteiger partial charge in [0, 0.05) is 19.6 Å². The second kappa shape index (κ2) is 12.6. The number of phenolic OH excluding ortho intramolecular Hbond substituents is 1. The quantitative estimate of drug-likeness (QED) is 0.183. The number of hydrogen-bond acceptors (Lipinski definition) is 5. The lowest BCUT2D eigenvalue weighted by molar-refractivity contribution is -0.248. The van der Waals surface area contributed by atoms with Crippen molar-refractivity contribution in [3.8, 4) is 11.5 Å². The molecule has 1 rings (SSSR count). The van der Waals surface area contributed by atoms with Gasteiger partial charge in [0.25, 0.3) is 0 Å². The van der Waals surface area contributed by atoms with Crippen LogP contribution in [0.2, 0.25) is 0 Å². The van der Waals surface area contributed by atoms with Gasteiger partial charge in [-0.3, -0.25) is 0 Å². The number of aromatic hydroxyl groups is 1. The average molecular weight is 382 g/mol. The summed E-state index contributed by atoms with van der Waals surface area (Å²) in [7, 11) is 0. The second-order valence-electron chi connectivity index (χ2n) is 6.51. The number of unbranched alkanes of at least 4 members (excludes halogenated alkanes) is 6. The Morgan fingerprint density at radius 3 is 2.11 bits per heavy atom. The summed E-state index contributed by atoms with van der Waals surface area (Å²) in [5, 5.41) is 19.4. The molecule has 1 aromatic rings. The fourth-order valence-corrected chi connectivity index (χ4v) is 3.26. The molecule has 0 saturated carbocycles. The van der Waals surface area contributed by atoms with Gasteiger partial charge in [-0.25, -0.2) is 4.79 Å². The maximum Gasteiger partial charge on any atom is 0.511 e. The maximum absolute atomic E-state index is 10.9. The predicted octanol–water partition coefficient (Wildman–Crippen LogP) is 5.82. The lowest BCUT2D eigenvalue weighted by atomic mass is 9.96. The van der Waals surface area contributed by atoms with Gasteiger partial charge in [-0.1, -0.05) is 51.5 Å². The number of benzene rings is 1. The molecule has 1 aromatic carbocycles. The van der Waals surface area contributed by atoms with Crippen LogP contribution in [-0.4, -0.2) is 29.6 Å². The zero-order chi connectivity index (χ0) is 20.1. The van der Waals surface area contributed by atoms with Gasteiger partial charge >= 0.3 is 6.16 Å². The van der Waals surface area contributed by atoms with Crippen molar-refractivity contribution in [3.63, 3.8) is 0 Å². The average Bonchev–Trinajstić information content (AvgIpc) is 2.62. The van der Waals surface area contributed by atoms with Crippen molar-refractivity contribution in [3.05, 3.63) is 23.8 Å². The smallest absolute Gasteiger partial charge is 0.504 e. The first-order valence-corrected chi connectivity index (χ1v) is 10.0. The van der Waals surface area contributed by atoms with E-state index >= 15 is 0 Å². The highest BCUT2D eigenvalue weighted by Crippen LogP contribution is 2.42. The van der Waals surface area contributed by atoms with Crippen LogP contribution in [0.5, 0.6) is 11.5 Å². The minimum Gasteiger partial charge on any atom is -0.504 e. The third kappa shape index (κ3) is 7.39. The van der Waals surface area contributed by atoms with Crippen molar-refractivity contribution in [2.75, 3.05) is 13.2 Å². The first-order valence-electron chi connectivity index (χ1n) is 10.0. The molecule has 2 N–H and O–H groups in total. The molecule has 0 heterocycles. The Morgan fingerprint density at radius 1 is 0.963 bits per heavy atom. The van der Waals surface area contributed by atoms with Crippen molar-refractivity contribution < 1.29 is 29.2 Å². The summed E-state index contributed by atoms with van der Waals surface area (Å²) >= 11 is 0. The van der Waals surface area contributed by atoms with Gasteiger partial charge < -0.3 is 24.4 Å². The van der Waals surface area contributed by atoms with Crippen LogP contribution < -0.4 is 4.74 Å². The molecule has 0 aliphatic rings. The number of hydrogen-bond donors (Lipinski definition) is 2. The van der Waals surface area contributed by atoms with Crippen LogP contribution in [-0.2, 0) is 15.3 Å². The van der Waals surface area contributed by atoms with E-state index in [1.165, 1.54) is 31.7 Å². The molecule has 0 aliphatic carbocycles. The largest absolute Gasteiger partial charge is 0.511 e. The van der Waals surface area contributed by atoms with Crippen molar-refractivity contribution in [1.29, 1.82) is 0 Å². The highest BCUT2D eigenvalue weighted by Gasteiger charge is 2.37. The number of rotatable bonds is 14. The standard InChI is InChI=1S/C21H34O6/c1-4-7-8-9-10-11-12-16-21(25-5-2,26-6-3)17-14-13-15-18(19(17)22)27-20(23)24/h13-15,22H,4-12,16H2,1-3H3,(H,23,24). The summed E-state index contributed by atoms with van der Waals surface area (Å²) in [6.45, 7) is 6.74. The Hall–Kier alpha value is -1.79. The molecule has 27 heavy (non-hydrogen) atoms. The van der Waals surface area contributed by atoms with Crippen LogP contribution >= 0.6 is 0 Å². The molecule has 0 bridgehead atoms. The van der Waals surface area contributed by atoms with Gasteiger partial charge in [-0.15, -0.1) is 0 Å². The molecule has 0 spiro atoms. The van der Waals surface area contributed by atoms with Gasteiger partial charge in [0.2, 0.25) is 0 Å². The van der Waals surface area contributed by atoms with E-state index in [4.69, 9.17) is 14.6 Å². The number of ether oxygens (including phenoxy) is 3. The van der Waals surface area contributed by atoms with Crippen LogP contribution in [0.4, 0.5) is 4.79 Å². The maximum atomic E-state index is 10.9. The van der Waals surface area contributed by atoms with Crippen molar-refractivity contribution in [2.45, 2.75) is 77.9 Å². The summed E-state index contributed by atoms with van der Waals surface area (Å²) in [4.78, 5) is 10.9. The Morgan fingerprint density at radius 2 is 1.56 bits per heavy atom. The van der Waals surface area contributed by atoms with E-state index < -0.39 is 11.9 Å². The summed E-state index contributed by atoms with van der Waals surface area (Å²) in [5.74, 6) is -1.50. The summed E-state index contributed by atoms with van der Waals surface area (Å²) in [6.07, 6.45) is 7.17. The third-order valence-corrected chi connectivity index (χ3v) is 4.47. The monoisotopic (exact) mass is 382 g/mol. The molecular weight excluding hydrogens is 348 g/mol. The van der Waals surface area contributed by atoms with Gasteiger partial charge in [0.05, 0.1) is 5.56 Å². The molecule has 0 fully saturated rings. The fraction of sp³-hybridized carbons (Fsp3) is 0.667. The minimum atomic E-state index is -1.48. The van der Waals surface area contributed by atoms with Crippen LogP contribution in [0.1, 0.15) is 77.7 Å². The molecule has 0 aromatic heterocycles. The van der Waals surface area contributed by atoms with E-state index in [0.29, 0.717) is 25.2 Å². The van der Waals surface area contributed by atoms with E-state index in [-0.39, 0.29) is 11.5 Å². The van der Waals surface area contributed by atoms with E-state index in [9.17, 15) is 9.90 Å². The Bertz CT molecular complexity index is 552. The van der Waals surface area contributed by atoms with Crippen molar-refractivity contribution in [2.24, 2.45) is 0 Å². The van der Waals surface area contributed by atoms with E-state index in [0.717, 1.165) is 19.3 Å².